The van der Waals surface area contributed by atoms with Gasteiger partial charge in [-0.1, -0.05) is 12.1 Å². The topological polar surface area (TPSA) is 109 Å². The number of amides is 1. The van der Waals surface area contributed by atoms with Crippen molar-refractivity contribution in [1.29, 1.82) is 0 Å². The number of benzene rings is 2. The van der Waals surface area contributed by atoms with E-state index in [1.54, 1.807) is 41.3 Å². The molecule has 10 heteroatoms. The zero-order valence-corrected chi connectivity index (χ0v) is 20.1. The fraction of sp³-hybridized carbons (Fsp3) is 0.333. The van der Waals surface area contributed by atoms with Crippen LogP contribution < -0.4 is 15.1 Å². The molecule has 1 fully saturated rings. The van der Waals surface area contributed by atoms with Crippen LogP contribution in [0.2, 0.25) is 0 Å². The van der Waals surface area contributed by atoms with E-state index >= 15 is 0 Å². The monoisotopic (exact) mass is 485 g/mol. The molecule has 0 unspecified atom stereocenters. The van der Waals surface area contributed by atoms with Crippen molar-refractivity contribution in [1.82, 2.24) is 9.21 Å². The van der Waals surface area contributed by atoms with Crippen molar-refractivity contribution < 1.29 is 22.4 Å². The highest BCUT2D eigenvalue weighted by Gasteiger charge is 2.20. The molecule has 0 aliphatic carbocycles. The van der Waals surface area contributed by atoms with Gasteiger partial charge in [-0.15, -0.1) is 0 Å². The van der Waals surface area contributed by atoms with E-state index in [2.05, 4.69) is 4.72 Å². The molecule has 34 heavy (non-hydrogen) atoms. The molecule has 1 aliphatic heterocycles. The average Bonchev–Trinajstić information content (AvgIpc) is 3.31. The van der Waals surface area contributed by atoms with E-state index in [0.717, 1.165) is 33.7 Å². The number of likely N-dealkylation sites (tertiary alicyclic amines) is 1. The Morgan fingerprint density at radius 3 is 2.59 bits per heavy atom. The third-order valence-corrected chi connectivity index (χ3v) is 7.32. The molecule has 1 aromatic heterocycles. The van der Waals surface area contributed by atoms with Crippen LogP contribution in [0.1, 0.15) is 29.5 Å². The lowest BCUT2D eigenvalue weighted by Gasteiger charge is -2.15. The number of nitrogens with zero attached hydrogens (tertiary/aromatic N) is 2. The zero-order valence-electron chi connectivity index (χ0n) is 19.3. The lowest BCUT2D eigenvalue weighted by molar-refractivity contribution is 0.163. The molecule has 1 N–H and O–H groups in total. The second kappa shape index (κ2) is 9.47. The third kappa shape index (κ3) is 5.07. The Bertz CT molecular complexity index is 1390. The highest BCUT2D eigenvalue weighted by atomic mass is 32.2. The maximum atomic E-state index is 12.8. The molecule has 1 amide bonds. The molecular weight excluding hydrogens is 458 g/mol. The van der Waals surface area contributed by atoms with Crippen LogP contribution in [0.15, 0.2) is 51.7 Å². The molecule has 3 aromatic rings. The predicted molar refractivity (Wildman–Crippen MR) is 130 cm³/mol. The van der Waals surface area contributed by atoms with Crippen LogP contribution >= 0.6 is 0 Å². The van der Waals surface area contributed by atoms with Gasteiger partial charge in [0.1, 0.15) is 11.3 Å². The Labute approximate surface area is 198 Å². The minimum Gasteiger partial charge on any atom is -0.422 e. The first-order valence-electron chi connectivity index (χ1n) is 11.0. The number of anilines is 1. The lowest BCUT2D eigenvalue weighted by Crippen LogP contribution is -2.30. The van der Waals surface area contributed by atoms with Crippen molar-refractivity contribution in [2.75, 3.05) is 31.9 Å². The fourth-order valence-electron chi connectivity index (χ4n) is 3.90. The Hall–Kier alpha value is -3.37. The van der Waals surface area contributed by atoms with Gasteiger partial charge in [0, 0.05) is 50.6 Å². The quantitative estimate of drug-likeness (QED) is 0.535. The molecule has 2 heterocycles. The van der Waals surface area contributed by atoms with Gasteiger partial charge in [-0.3, -0.25) is 4.72 Å². The summed E-state index contributed by atoms with van der Waals surface area (Å²) >= 11 is 0. The number of aryl methyl sites for hydroxylation is 1. The van der Waals surface area contributed by atoms with Crippen LogP contribution in [-0.4, -0.2) is 50.9 Å². The van der Waals surface area contributed by atoms with Gasteiger partial charge in [-0.2, -0.15) is 12.7 Å². The second-order valence-corrected chi connectivity index (χ2v) is 10.4. The summed E-state index contributed by atoms with van der Waals surface area (Å²) in [4.78, 5) is 26.7. The van der Waals surface area contributed by atoms with Crippen molar-refractivity contribution in [2.24, 2.45) is 0 Å². The fourth-order valence-corrected chi connectivity index (χ4v) is 4.50. The van der Waals surface area contributed by atoms with E-state index in [1.807, 2.05) is 13.0 Å². The molecule has 1 saturated heterocycles. The summed E-state index contributed by atoms with van der Waals surface area (Å²) in [6.07, 6.45) is 1.80. The van der Waals surface area contributed by atoms with E-state index in [9.17, 15) is 18.0 Å². The Morgan fingerprint density at radius 1 is 1.15 bits per heavy atom. The maximum Gasteiger partial charge on any atom is 0.415 e. The van der Waals surface area contributed by atoms with Crippen molar-refractivity contribution in [3.05, 3.63) is 69.6 Å². The summed E-state index contributed by atoms with van der Waals surface area (Å²) in [7, 11) is -0.762. The molecular formula is C24H27N3O6S. The predicted octanol–water partition coefficient (Wildman–Crippen LogP) is 3.51. The Balaban J connectivity index is 1.58. The Morgan fingerprint density at radius 2 is 1.88 bits per heavy atom. The average molecular weight is 486 g/mol. The first kappa shape index (κ1) is 23.8. The smallest absolute Gasteiger partial charge is 0.415 e. The van der Waals surface area contributed by atoms with Crippen LogP contribution in [-0.2, 0) is 16.6 Å². The van der Waals surface area contributed by atoms with Crippen LogP contribution in [0.3, 0.4) is 0 Å². The molecule has 180 valence electrons. The Kier molecular flexibility index (Phi) is 6.63. The number of carbonyl (C=O) groups is 1. The summed E-state index contributed by atoms with van der Waals surface area (Å²) in [6, 6.07) is 11.9. The highest BCUT2D eigenvalue weighted by Crippen LogP contribution is 2.26. The van der Waals surface area contributed by atoms with Crippen molar-refractivity contribution in [2.45, 2.75) is 26.2 Å². The van der Waals surface area contributed by atoms with Crippen LogP contribution in [0.4, 0.5) is 10.5 Å². The highest BCUT2D eigenvalue weighted by molar-refractivity contribution is 7.90. The van der Waals surface area contributed by atoms with Gasteiger partial charge < -0.3 is 14.1 Å². The summed E-state index contributed by atoms with van der Waals surface area (Å²) in [5.74, 6) is 0.320. The lowest BCUT2D eigenvalue weighted by atomic mass is 9.99. The number of fused-ring (bicyclic) bond motifs is 1. The third-order valence-electron chi connectivity index (χ3n) is 5.86. The molecule has 0 atom stereocenters. The number of nitrogens with one attached hydrogen (secondary N) is 1. The molecule has 4 rings (SSSR count). The van der Waals surface area contributed by atoms with E-state index in [-0.39, 0.29) is 6.42 Å². The zero-order chi connectivity index (χ0) is 24.5. The van der Waals surface area contributed by atoms with Gasteiger partial charge in [0.2, 0.25) is 0 Å². The van der Waals surface area contributed by atoms with Gasteiger partial charge in [-0.05, 0) is 55.2 Å². The minimum atomic E-state index is -3.64. The number of ether oxygens (including phenoxy) is 1. The summed E-state index contributed by atoms with van der Waals surface area (Å²) in [5.41, 5.74) is 2.23. The molecule has 0 spiro atoms. The summed E-state index contributed by atoms with van der Waals surface area (Å²) < 4.78 is 38.8. The number of rotatable bonds is 6. The first-order valence-corrected chi connectivity index (χ1v) is 12.4. The molecule has 0 bridgehead atoms. The normalized spacial score (nSPS) is 14.1. The molecule has 9 nitrogen and oxygen atoms in total. The minimum absolute atomic E-state index is 0.271. The van der Waals surface area contributed by atoms with E-state index < -0.39 is 21.9 Å². The van der Waals surface area contributed by atoms with Gasteiger partial charge in [0.15, 0.2) is 0 Å². The SMILES string of the molecule is Cc1c(Cc2cccc(NS(=O)(=O)N(C)C)c2)c(=O)oc2cc(OC(=O)N3CCCC3)ccc12. The molecule has 1 aliphatic rings. The molecule has 0 saturated carbocycles. The largest absolute Gasteiger partial charge is 0.422 e. The van der Waals surface area contributed by atoms with Crippen LogP contribution in [0, 0.1) is 6.92 Å². The van der Waals surface area contributed by atoms with Crippen molar-refractivity contribution in [3.8, 4) is 5.75 Å². The van der Waals surface area contributed by atoms with Gasteiger partial charge >= 0.3 is 21.9 Å². The number of hydrogen-bond donors (Lipinski definition) is 1. The number of hydrogen-bond acceptors (Lipinski definition) is 6. The number of carbonyl (C=O) groups excluding carboxylic acids is 1. The van der Waals surface area contributed by atoms with E-state index in [0.29, 0.717) is 35.7 Å². The summed E-state index contributed by atoms with van der Waals surface area (Å²) in [5, 5.41) is 0.736. The van der Waals surface area contributed by atoms with Crippen LogP contribution in [0.25, 0.3) is 11.0 Å². The summed E-state index contributed by atoms with van der Waals surface area (Å²) in [6.45, 7) is 3.20. The second-order valence-electron chi connectivity index (χ2n) is 8.48. The standard InChI is InChI=1S/C24H27N3O6S/c1-16-20-10-9-19(32-24(29)27-11-4-5-12-27)15-22(20)33-23(28)21(16)14-17-7-6-8-18(13-17)25-34(30,31)26(2)3/h6-10,13,15,25H,4-5,11-12,14H2,1-3H3. The van der Waals surface area contributed by atoms with E-state index in [1.165, 1.54) is 14.1 Å². The van der Waals surface area contributed by atoms with Gasteiger partial charge in [-0.25, -0.2) is 9.59 Å². The van der Waals surface area contributed by atoms with Crippen molar-refractivity contribution >= 4 is 33.0 Å². The van der Waals surface area contributed by atoms with Gasteiger partial charge in [0.05, 0.1) is 5.69 Å². The molecule has 0 radical (unpaired) electrons. The van der Waals surface area contributed by atoms with Gasteiger partial charge in [0.25, 0.3) is 0 Å². The molecule has 2 aromatic carbocycles. The van der Waals surface area contributed by atoms with E-state index in [4.69, 9.17) is 9.15 Å². The first-order chi connectivity index (χ1) is 16.1. The maximum absolute atomic E-state index is 12.8. The van der Waals surface area contributed by atoms with Crippen molar-refractivity contribution in [3.63, 3.8) is 0 Å². The van der Waals surface area contributed by atoms with Crippen LogP contribution in [0.5, 0.6) is 5.75 Å².